The maximum Gasteiger partial charge on any atom is 0.267 e. The van der Waals surface area contributed by atoms with Crippen molar-refractivity contribution in [1.82, 2.24) is 33.7 Å². The average Bonchev–Trinajstić information content (AvgIpc) is 3.78. The van der Waals surface area contributed by atoms with Crippen molar-refractivity contribution in [3.05, 3.63) is 156 Å². The van der Waals surface area contributed by atoms with Crippen LogP contribution in [0.25, 0.3) is 61.0 Å². The van der Waals surface area contributed by atoms with Gasteiger partial charge in [0.15, 0.2) is 0 Å². The molecule has 10 nitrogen and oxygen atoms in total. The average molecular weight is 676 g/mol. The van der Waals surface area contributed by atoms with E-state index in [1.165, 1.54) is 18.3 Å². The summed E-state index contributed by atoms with van der Waals surface area (Å²) in [5.74, 6) is -0.697. The van der Waals surface area contributed by atoms with Gasteiger partial charge in [-0.15, -0.1) is 0 Å². The Balaban J connectivity index is 0.000000159. The number of aromatic nitrogens is 7. The third-order valence-electron chi connectivity index (χ3n) is 8.29. The Hall–Kier alpha value is -7.13. The number of benzene rings is 1. The van der Waals surface area contributed by atoms with Gasteiger partial charge >= 0.3 is 0 Å². The number of rotatable bonds is 5. The highest BCUT2D eigenvalue weighted by atomic mass is 19.1. The van der Waals surface area contributed by atoms with E-state index in [0.29, 0.717) is 39.8 Å². The van der Waals surface area contributed by atoms with Gasteiger partial charge in [-0.25, -0.2) is 28.1 Å². The molecule has 8 rings (SSSR count). The lowest BCUT2D eigenvalue weighted by Crippen LogP contribution is -2.13. The Morgan fingerprint density at radius 2 is 1.33 bits per heavy atom. The first-order chi connectivity index (χ1) is 24.7. The number of hydrogen-bond acceptors (Lipinski definition) is 6. The van der Waals surface area contributed by atoms with Crippen LogP contribution in [0.2, 0.25) is 0 Å². The smallest absolute Gasteiger partial charge is 0.267 e. The highest BCUT2D eigenvalue weighted by molar-refractivity contribution is 5.92. The molecule has 51 heavy (non-hydrogen) atoms. The minimum atomic E-state index is -0.558. The summed E-state index contributed by atoms with van der Waals surface area (Å²) < 4.78 is 30.6. The van der Waals surface area contributed by atoms with Crippen molar-refractivity contribution < 1.29 is 13.6 Å². The van der Waals surface area contributed by atoms with Gasteiger partial charge in [0.2, 0.25) is 5.65 Å². The van der Waals surface area contributed by atoms with Crippen LogP contribution in [-0.2, 0) is 0 Å². The maximum atomic E-state index is 13.6. The number of fused-ring (bicyclic) bond motifs is 2. The summed E-state index contributed by atoms with van der Waals surface area (Å²) in [6.45, 7) is 10.6. The zero-order valence-electron chi connectivity index (χ0n) is 27.3. The van der Waals surface area contributed by atoms with Crippen molar-refractivity contribution in [3.63, 3.8) is 0 Å². The summed E-state index contributed by atoms with van der Waals surface area (Å²) in [5, 5.41) is 0. The van der Waals surface area contributed by atoms with Crippen LogP contribution in [0.4, 0.5) is 14.6 Å². The second-order valence-corrected chi connectivity index (χ2v) is 11.6. The van der Waals surface area contributed by atoms with Crippen LogP contribution in [0, 0.1) is 32.1 Å². The molecule has 2 N–H and O–H groups in total. The highest BCUT2D eigenvalue weighted by Gasteiger charge is 2.15. The van der Waals surface area contributed by atoms with Gasteiger partial charge in [0.1, 0.15) is 23.0 Å². The van der Waals surface area contributed by atoms with Gasteiger partial charge < -0.3 is 10.6 Å². The Morgan fingerprint density at radius 1 is 0.725 bits per heavy atom. The van der Waals surface area contributed by atoms with Crippen molar-refractivity contribution in [2.45, 2.75) is 13.8 Å². The monoisotopic (exact) mass is 675 g/mol. The number of primary amides is 1. The maximum absolute atomic E-state index is 13.6. The predicted molar refractivity (Wildman–Crippen MR) is 190 cm³/mol. The molecule has 0 spiro atoms. The second kappa shape index (κ2) is 13.4. The Kier molecular flexibility index (Phi) is 8.52. The van der Waals surface area contributed by atoms with Crippen molar-refractivity contribution in [1.29, 1.82) is 0 Å². The van der Waals surface area contributed by atoms with Crippen LogP contribution in [0.3, 0.4) is 0 Å². The quantitative estimate of drug-likeness (QED) is 0.184. The van der Waals surface area contributed by atoms with Crippen LogP contribution in [-0.4, -0.2) is 39.6 Å². The minimum absolute atomic E-state index is 0.234. The predicted octanol–water partition coefficient (Wildman–Crippen LogP) is 8.07. The van der Waals surface area contributed by atoms with Crippen LogP contribution >= 0.6 is 0 Å². The van der Waals surface area contributed by atoms with Gasteiger partial charge in [0, 0.05) is 52.5 Å². The third-order valence-corrected chi connectivity index (χ3v) is 8.29. The zero-order chi connectivity index (χ0) is 35.6. The van der Waals surface area contributed by atoms with E-state index in [1.54, 1.807) is 71.7 Å². The molecule has 0 unspecified atom stereocenters. The van der Waals surface area contributed by atoms with Gasteiger partial charge in [-0.1, -0.05) is 18.7 Å². The number of pyridine rings is 5. The van der Waals surface area contributed by atoms with Gasteiger partial charge in [0.25, 0.3) is 11.7 Å². The molecule has 12 heteroatoms. The Labute approximate surface area is 290 Å². The summed E-state index contributed by atoms with van der Waals surface area (Å²) in [7, 11) is 0. The van der Waals surface area contributed by atoms with Crippen LogP contribution in [0.5, 0.6) is 0 Å². The van der Waals surface area contributed by atoms with E-state index in [-0.39, 0.29) is 11.6 Å². The Morgan fingerprint density at radius 3 is 2.00 bits per heavy atom. The fourth-order valence-corrected chi connectivity index (χ4v) is 5.71. The first kappa shape index (κ1) is 32.4. The molecule has 0 saturated heterocycles. The van der Waals surface area contributed by atoms with E-state index in [4.69, 9.17) is 12.3 Å². The van der Waals surface area contributed by atoms with E-state index < -0.39 is 5.91 Å². The molecule has 0 bridgehead atoms. The molecule has 7 heterocycles. The number of nitrogens with two attached hydrogens (primary N) is 1. The standard InChI is InChI=1S/C20H13FN4.C19H14FN5O/c1-13-10-14(5-7-17(13)21)20-16(4-3-9-23-20)15-6-8-18-24-11-19(22-2)25(18)12-15;1-11-14(20)5-6-15(24-11)18-13(3-2-8-22-18)12-4-7-17-23-9-16(19(21)26)25(17)10-12/h3-12H,1H3;2-10H,1H3,(H2,21,26). The first-order valence-corrected chi connectivity index (χ1v) is 15.6. The molecule has 1 amide bonds. The molecular formula is C39H27F2N9O. The normalized spacial score (nSPS) is 10.9. The number of halogens is 2. The number of imidazole rings is 2. The highest BCUT2D eigenvalue weighted by Crippen LogP contribution is 2.33. The van der Waals surface area contributed by atoms with E-state index in [2.05, 4.69) is 29.8 Å². The fraction of sp³-hybridized carbons (Fsp3) is 0.0513. The number of carbonyl (C=O) groups is 1. The molecule has 1 aromatic carbocycles. The molecule has 0 saturated carbocycles. The largest absolute Gasteiger partial charge is 0.364 e. The van der Waals surface area contributed by atoms with Crippen LogP contribution in [0.15, 0.2) is 116 Å². The van der Waals surface area contributed by atoms with Crippen molar-refractivity contribution in [2.24, 2.45) is 5.73 Å². The lowest BCUT2D eigenvalue weighted by molar-refractivity contribution is 0.0994. The molecule has 8 aromatic rings. The first-order valence-electron chi connectivity index (χ1n) is 15.6. The Bertz CT molecular complexity index is 2660. The summed E-state index contributed by atoms with van der Waals surface area (Å²) in [6.07, 6.45) is 10.0. The zero-order valence-corrected chi connectivity index (χ0v) is 27.3. The van der Waals surface area contributed by atoms with Gasteiger partial charge in [0.05, 0.1) is 41.4 Å². The number of amides is 1. The molecule has 0 aliphatic rings. The number of carbonyl (C=O) groups excluding carboxylic acids is 1. The topological polar surface area (TPSA) is 121 Å². The van der Waals surface area contributed by atoms with Crippen LogP contribution < -0.4 is 5.73 Å². The molecule has 0 atom stereocenters. The summed E-state index contributed by atoms with van der Waals surface area (Å²) >= 11 is 0. The fourth-order valence-electron chi connectivity index (χ4n) is 5.71. The molecule has 7 aromatic heterocycles. The van der Waals surface area contributed by atoms with Crippen molar-refractivity contribution >= 4 is 23.0 Å². The third kappa shape index (κ3) is 6.27. The SMILES string of the molecule is Cc1nc(-c2ncccc2-c2ccc3ncc(C(N)=O)n3c2)ccc1F.[C-]#[N+]c1cnc2ccc(-c3cccnc3-c3ccc(F)c(C)c3)cn12. The van der Waals surface area contributed by atoms with Gasteiger partial charge in [-0.05, 0) is 80.1 Å². The lowest BCUT2D eigenvalue weighted by Gasteiger charge is -2.10. The summed E-state index contributed by atoms with van der Waals surface area (Å²) in [4.78, 5) is 36.7. The van der Waals surface area contributed by atoms with E-state index in [9.17, 15) is 13.6 Å². The van der Waals surface area contributed by atoms with E-state index in [0.717, 1.165) is 39.2 Å². The molecule has 0 radical (unpaired) electrons. The second-order valence-electron chi connectivity index (χ2n) is 11.6. The number of hydrogen-bond donors (Lipinski definition) is 1. The van der Waals surface area contributed by atoms with Crippen molar-refractivity contribution in [3.8, 4) is 44.9 Å². The van der Waals surface area contributed by atoms with Gasteiger partial charge in [-0.2, -0.15) is 0 Å². The molecular weight excluding hydrogens is 648 g/mol. The molecule has 0 aliphatic heterocycles. The number of nitrogens with zero attached hydrogens (tertiary/aromatic N) is 8. The number of aryl methyl sites for hydroxylation is 2. The van der Waals surface area contributed by atoms with Crippen LogP contribution in [0.1, 0.15) is 21.7 Å². The van der Waals surface area contributed by atoms with Gasteiger partial charge in [-0.3, -0.25) is 19.2 Å². The molecule has 0 fully saturated rings. The summed E-state index contributed by atoms with van der Waals surface area (Å²) in [6, 6.07) is 23.0. The molecule has 0 aliphatic carbocycles. The lowest BCUT2D eigenvalue weighted by atomic mass is 9.99. The minimum Gasteiger partial charge on any atom is -0.364 e. The summed E-state index contributed by atoms with van der Waals surface area (Å²) in [5.41, 5.74) is 14.2. The van der Waals surface area contributed by atoms with E-state index in [1.807, 2.05) is 48.7 Å². The van der Waals surface area contributed by atoms with Crippen molar-refractivity contribution in [2.75, 3.05) is 0 Å². The van der Waals surface area contributed by atoms with E-state index >= 15 is 0 Å². The molecule has 248 valence electrons.